The van der Waals surface area contributed by atoms with E-state index in [1.807, 2.05) is 19.9 Å². The molecule has 0 aliphatic rings. The molecule has 0 spiro atoms. The summed E-state index contributed by atoms with van der Waals surface area (Å²) >= 11 is 12.5. The fraction of sp³-hybridized carbons (Fsp3) is 0.308. The van der Waals surface area contributed by atoms with E-state index in [1.54, 1.807) is 63.1 Å². The van der Waals surface area contributed by atoms with Crippen molar-refractivity contribution in [3.63, 3.8) is 0 Å². The minimum atomic E-state index is -0.706. The van der Waals surface area contributed by atoms with Crippen LogP contribution in [0.15, 0.2) is 45.9 Å². The monoisotopic (exact) mass is 528 g/mol. The van der Waals surface area contributed by atoms with Crippen LogP contribution in [-0.4, -0.2) is 26.3 Å². The molecule has 4 aromatic rings. The maximum absolute atomic E-state index is 13.2. The molecule has 4 rings (SSSR count). The molecule has 0 aliphatic carbocycles. The van der Waals surface area contributed by atoms with E-state index in [0.29, 0.717) is 27.8 Å². The third-order valence-corrected chi connectivity index (χ3v) is 5.92. The molecule has 1 aromatic carbocycles. The highest BCUT2D eigenvalue weighted by Gasteiger charge is 2.25. The van der Waals surface area contributed by atoms with Crippen molar-refractivity contribution in [3.8, 4) is 11.3 Å². The largest absolute Gasteiger partial charge is 0.455 e. The number of carbonyl (C=O) groups excluding carboxylic acids is 1. The van der Waals surface area contributed by atoms with Crippen molar-refractivity contribution in [2.45, 2.75) is 46.3 Å². The van der Waals surface area contributed by atoms with Gasteiger partial charge < -0.3 is 14.5 Å². The van der Waals surface area contributed by atoms with Gasteiger partial charge in [-0.05, 0) is 58.4 Å². The van der Waals surface area contributed by atoms with Gasteiger partial charge in [-0.1, -0.05) is 29.3 Å². The average Bonchev–Trinajstić information content (AvgIpc) is 3.22. The first kappa shape index (κ1) is 25.7. The van der Waals surface area contributed by atoms with Gasteiger partial charge in [0.25, 0.3) is 0 Å². The molecule has 0 aliphatic heterocycles. The zero-order valence-corrected chi connectivity index (χ0v) is 22.3. The number of esters is 1. The van der Waals surface area contributed by atoms with Crippen LogP contribution in [0.3, 0.4) is 0 Å². The van der Waals surface area contributed by atoms with Crippen molar-refractivity contribution in [1.29, 1.82) is 0 Å². The number of nitrogens with one attached hydrogen (secondary N) is 1. The van der Waals surface area contributed by atoms with Crippen molar-refractivity contribution < 1.29 is 13.9 Å². The van der Waals surface area contributed by atoms with E-state index in [-0.39, 0.29) is 27.1 Å². The highest BCUT2D eigenvalue weighted by molar-refractivity contribution is 6.33. The molecular weight excluding hydrogens is 503 g/mol. The van der Waals surface area contributed by atoms with Gasteiger partial charge in [-0.2, -0.15) is 5.10 Å². The molecule has 0 bridgehead atoms. The number of aryl methyl sites for hydroxylation is 2. The molecule has 10 heteroatoms. The van der Waals surface area contributed by atoms with E-state index in [2.05, 4.69) is 15.4 Å². The van der Waals surface area contributed by atoms with Gasteiger partial charge in [0.05, 0.1) is 28.9 Å². The van der Waals surface area contributed by atoms with Gasteiger partial charge in [-0.3, -0.25) is 9.48 Å². The molecule has 3 aromatic heterocycles. The Balaban J connectivity index is 1.82. The number of benzene rings is 1. The number of hydrogen-bond acceptors (Lipinski definition) is 7. The number of ether oxygens (including phenoxy) is 1. The number of anilines is 1. The molecular formula is C26H26Cl2N4O4. The predicted molar refractivity (Wildman–Crippen MR) is 141 cm³/mol. The van der Waals surface area contributed by atoms with Crippen LogP contribution < -0.4 is 10.7 Å². The van der Waals surface area contributed by atoms with Crippen LogP contribution in [0.25, 0.3) is 22.3 Å². The third-order valence-electron chi connectivity index (χ3n) is 5.37. The first-order chi connectivity index (χ1) is 16.8. The first-order valence-corrected chi connectivity index (χ1v) is 12.0. The van der Waals surface area contributed by atoms with E-state index in [9.17, 15) is 9.59 Å². The van der Waals surface area contributed by atoms with Crippen molar-refractivity contribution >= 4 is 45.8 Å². The predicted octanol–water partition coefficient (Wildman–Crippen LogP) is 6.33. The molecule has 0 fully saturated rings. The van der Waals surface area contributed by atoms with E-state index in [0.717, 1.165) is 5.56 Å². The van der Waals surface area contributed by atoms with Crippen LogP contribution in [0, 0.1) is 6.92 Å². The van der Waals surface area contributed by atoms with Crippen molar-refractivity contribution in [1.82, 2.24) is 14.8 Å². The number of hydrogen-bond donors (Lipinski definition) is 1. The molecule has 0 saturated carbocycles. The molecule has 36 heavy (non-hydrogen) atoms. The topological polar surface area (TPSA) is 99.2 Å². The van der Waals surface area contributed by atoms with Gasteiger partial charge in [0.1, 0.15) is 21.4 Å². The Labute approximate surface area is 218 Å². The minimum Gasteiger partial charge on any atom is -0.455 e. The standard InChI is InChI=1S/C26H26Cl2N4O4/c1-13-9-16(14(2)30-18-7-8-19(27)31-21(18)25(34)36-26(3,4)5)24-17(10-13)22(33)20(28)23(35-24)15-11-29-32(6)12-15/h7-12,14,30H,1-6H3/t14-/m1/s1. The molecule has 1 N–H and O–H groups in total. The maximum atomic E-state index is 13.2. The summed E-state index contributed by atoms with van der Waals surface area (Å²) in [6.45, 7) is 9.10. The van der Waals surface area contributed by atoms with Crippen molar-refractivity contribution in [2.24, 2.45) is 7.05 Å². The van der Waals surface area contributed by atoms with Crippen molar-refractivity contribution in [3.05, 3.63) is 73.9 Å². The van der Waals surface area contributed by atoms with Gasteiger partial charge in [0.15, 0.2) is 11.5 Å². The summed E-state index contributed by atoms with van der Waals surface area (Å²) < 4.78 is 13.3. The zero-order valence-electron chi connectivity index (χ0n) is 20.8. The maximum Gasteiger partial charge on any atom is 0.359 e. The van der Waals surface area contributed by atoms with Crippen LogP contribution in [0.4, 0.5) is 5.69 Å². The van der Waals surface area contributed by atoms with E-state index in [1.165, 1.54) is 0 Å². The summed E-state index contributed by atoms with van der Waals surface area (Å²) in [5, 5.41) is 7.97. The molecule has 0 amide bonds. The van der Waals surface area contributed by atoms with Crippen molar-refractivity contribution in [2.75, 3.05) is 5.32 Å². The summed E-state index contributed by atoms with van der Waals surface area (Å²) in [5.74, 6) is -0.367. The smallest absolute Gasteiger partial charge is 0.359 e. The van der Waals surface area contributed by atoms with Gasteiger partial charge in [0.2, 0.25) is 5.43 Å². The van der Waals surface area contributed by atoms with Gasteiger partial charge in [-0.25, -0.2) is 9.78 Å². The summed E-state index contributed by atoms with van der Waals surface area (Å²) in [5.41, 5.74) is 1.97. The minimum absolute atomic E-state index is 0.0122. The summed E-state index contributed by atoms with van der Waals surface area (Å²) in [4.78, 5) is 30.2. The van der Waals surface area contributed by atoms with Gasteiger partial charge in [0, 0.05) is 18.8 Å². The number of fused-ring (bicyclic) bond motifs is 1. The molecule has 3 heterocycles. The first-order valence-electron chi connectivity index (χ1n) is 11.3. The van der Waals surface area contributed by atoms with Crippen LogP contribution >= 0.6 is 23.2 Å². The quantitative estimate of drug-likeness (QED) is 0.238. The molecule has 0 unspecified atom stereocenters. The number of rotatable bonds is 5. The summed E-state index contributed by atoms with van der Waals surface area (Å²) in [7, 11) is 1.76. The second kappa shape index (κ2) is 9.59. The van der Waals surface area contributed by atoms with Crippen LogP contribution in [0.5, 0.6) is 0 Å². The molecule has 0 saturated heterocycles. The number of pyridine rings is 1. The highest BCUT2D eigenvalue weighted by Crippen LogP contribution is 2.34. The average molecular weight is 529 g/mol. The molecule has 1 atom stereocenters. The van der Waals surface area contributed by atoms with Crippen LogP contribution in [-0.2, 0) is 11.8 Å². The molecule has 188 valence electrons. The third kappa shape index (κ3) is 5.24. The van der Waals surface area contributed by atoms with E-state index < -0.39 is 17.6 Å². The fourth-order valence-corrected chi connectivity index (χ4v) is 4.24. The Morgan fingerprint density at radius 3 is 2.58 bits per heavy atom. The fourth-order valence-electron chi connectivity index (χ4n) is 3.84. The highest BCUT2D eigenvalue weighted by atomic mass is 35.5. The lowest BCUT2D eigenvalue weighted by Crippen LogP contribution is -2.25. The summed E-state index contributed by atoms with van der Waals surface area (Å²) in [6, 6.07) is 6.51. The number of halogens is 2. The zero-order chi connectivity index (χ0) is 26.4. The number of aromatic nitrogens is 3. The SMILES string of the molecule is Cc1cc([C@@H](C)Nc2ccc(Cl)nc2C(=O)OC(C)(C)C)c2oc(-c3cnn(C)c3)c(Cl)c(=O)c2c1. The summed E-state index contributed by atoms with van der Waals surface area (Å²) in [6.07, 6.45) is 3.30. The lowest BCUT2D eigenvalue weighted by molar-refractivity contribution is 0.00640. The normalized spacial score (nSPS) is 12.6. The Hall–Kier alpha value is -3.36. The Morgan fingerprint density at radius 2 is 1.94 bits per heavy atom. The molecule has 0 radical (unpaired) electrons. The van der Waals surface area contributed by atoms with Crippen LogP contribution in [0.2, 0.25) is 10.2 Å². The van der Waals surface area contributed by atoms with Crippen LogP contribution in [0.1, 0.15) is 55.4 Å². The Morgan fingerprint density at radius 1 is 1.22 bits per heavy atom. The number of nitrogens with zero attached hydrogens (tertiary/aromatic N) is 3. The Kier molecular flexibility index (Phi) is 6.86. The Bertz CT molecular complexity index is 1540. The lowest BCUT2D eigenvalue weighted by Gasteiger charge is -2.22. The second-order valence-corrected chi connectivity index (χ2v) is 10.4. The van der Waals surface area contributed by atoms with Gasteiger partial charge in [-0.15, -0.1) is 0 Å². The molecule has 8 nitrogen and oxygen atoms in total. The lowest BCUT2D eigenvalue weighted by atomic mass is 10.0. The van der Waals surface area contributed by atoms with Gasteiger partial charge >= 0.3 is 5.97 Å². The second-order valence-electron chi connectivity index (χ2n) is 9.61. The van der Waals surface area contributed by atoms with E-state index in [4.69, 9.17) is 32.4 Å². The number of carbonyl (C=O) groups is 1. The van der Waals surface area contributed by atoms with E-state index >= 15 is 0 Å².